The minimum Gasteiger partial charge on any atom is -0.507 e. The summed E-state index contributed by atoms with van der Waals surface area (Å²) < 4.78 is 0. The molecule has 0 spiro atoms. The summed E-state index contributed by atoms with van der Waals surface area (Å²) in [5.74, 6) is -0.0501. The molecule has 1 unspecified atom stereocenters. The number of hydrogen-bond acceptors (Lipinski definition) is 4. The van der Waals surface area contributed by atoms with Gasteiger partial charge in [-0.25, -0.2) is 0 Å². The van der Waals surface area contributed by atoms with Crippen LogP contribution in [0.15, 0.2) is 12.1 Å². The third-order valence-electron chi connectivity index (χ3n) is 3.84. The Labute approximate surface area is 119 Å². The van der Waals surface area contributed by atoms with Crippen LogP contribution in [0.3, 0.4) is 0 Å². The van der Waals surface area contributed by atoms with E-state index < -0.39 is 6.04 Å². The Morgan fingerprint density at radius 3 is 2.55 bits per heavy atom. The van der Waals surface area contributed by atoms with Gasteiger partial charge in [0.25, 0.3) is 0 Å². The van der Waals surface area contributed by atoms with E-state index in [2.05, 4.69) is 10.2 Å². The van der Waals surface area contributed by atoms with Gasteiger partial charge in [-0.2, -0.15) is 0 Å². The first-order valence-corrected chi connectivity index (χ1v) is 7.05. The van der Waals surface area contributed by atoms with Gasteiger partial charge < -0.3 is 16.2 Å². The van der Waals surface area contributed by atoms with E-state index in [1.54, 1.807) is 0 Å². The molecule has 1 aromatic rings. The molecule has 1 aliphatic heterocycles. The number of hydrogen-bond donors (Lipinski definition) is 3. The molecule has 1 heterocycles. The van der Waals surface area contributed by atoms with Crippen molar-refractivity contribution in [1.29, 1.82) is 0 Å². The lowest BCUT2D eigenvalue weighted by Crippen LogP contribution is -2.39. The highest BCUT2D eigenvalue weighted by Crippen LogP contribution is 2.29. The Kier molecular flexibility index (Phi) is 4.62. The second kappa shape index (κ2) is 6.24. The molecule has 0 radical (unpaired) electrons. The molecule has 1 saturated heterocycles. The van der Waals surface area contributed by atoms with Gasteiger partial charge in [0.15, 0.2) is 0 Å². The fourth-order valence-corrected chi connectivity index (χ4v) is 2.83. The number of primary amides is 1. The predicted molar refractivity (Wildman–Crippen MR) is 78.6 cm³/mol. The Morgan fingerprint density at radius 1 is 1.30 bits per heavy atom. The third kappa shape index (κ3) is 3.11. The molecular formula is C15H23N3O2. The zero-order valence-corrected chi connectivity index (χ0v) is 12.1. The average molecular weight is 277 g/mol. The average Bonchev–Trinajstić information content (AvgIpc) is 2.64. The molecule has 0 saturated carbocycles. The molecule has 4 N–H and O–H groups in total. The number of carbonyl (C=O) groups is 1. The van der Waals surface area contributed by atoms with Crippen molar-refractivity contribution in [2.24, 2.45) is 5.73 Å². The number of carbonyl (C=O) groups excluding carboxylic acids is 1. The summed E-state index contributed by atoms with van der Waals surface area (Å²) in [7, 11) is 0. The minimum atomic E-state index is -0.423. The standard InChI is InChI=1S/C15H23N3O2/c1-10-8-12(9-11(2)14(10)19)13(15(16)20)18-6-3-4-17-5-7-18/h8-9,13,17,19H,3-7H2,1-2H3,(H2,16,20). The van der Waals surface area contributed by atoms with Crippen LogP contribution < -0.4 is 11.1 Å². The Bertz CT molecular complexity index is 471. The largest absolute Gasteiger partial charge is 0.507 e. The zero-order valence-electron chi connectivity index (χ0n) is 12.1. The second-order valence-corrected chi connectivity index (χ2v) is 5.45. The molecule has 110 valence electrons. The van der Waals surface area contributed by atoms with Gasteiger partial charge in [0.1, 0.15) is 11.8 Å². The van der Waals surface area contributed by atoms with Crippen LogP contribution in [-0.2, 0) is 4.79 Å². The van der Waals surface area contributed by atoms with Crippen molar-refractivity contribution in [3.8, 4) is 5.75 Å². The smallest absolute Gasteiger partial charge is 0.239 e. The lowest BCUT2D eigenvalue weighted by molar-refractivity contribution is -0.123. The number of aryl methyl sites for hydroxylation is 2. The molecule has 1 fully saturated rings. The normalized spacial score (nSPS) is 18.5. The molecule has 0 aliphatic carbocycles. The van der Waals surface area contributed by atoms with E-state index in [0.29, 0.717) is 0 Å². The highest BCUT2D eigenvalue weighted by atomic mass is 16.3. The molecule has 2 rings (SSSR count). The monoisotopic (exact) mass is 277 g/mol. The lowest BCUT2D eigenvalue weighted by atomic mass is 9.98. The van der Waals surface area contributed by atoms with E-state index in [9.17, 15) is 9.90 Å². The summed E-state index contributed by atoms with van der Waals surface area (Å²) >= 11 is 0. The zero-order chi connectivity index (χ0) is 14.7. The second-order valence-electron chi connectivity index (χ2n) is 5.45. The van der Waals surface area contributed by atoms with E-state index >= 15 is 0 Å². The number of aromatic hydroxyl groups is 1. The number of nitrogens with zero attached hydrogens (tertiary/aromatic N) is 1. The summed E-state index contributed by atoms with van der Waals surface area (Å²) in [6, 6.07) is 3.29. The van der Waals surface area contributed by atoms with Crippen LogP contribution in [-0.4, -0.2) is 42.1 Å². The van der Waals surface area contributed by atoms with E-state index in [0.717, 1.165) is 49.3 Å². The summed E-state index contributed by atoms with van der Waals surface area (Å²) in [5, 5.41) is 13.2. The van der Waals surface area contributed by atoms with Crippen LogP contribution in [0.5, 0.6) is 5.75 Å². The predicted octanol–water partition coefficient (Wildman–Crippen LogP) is 0.831. The Balaban J connectivity index is 2.35. The number of phenolic OH excluding ortho intramolecular Hbond substituents is 1. The van der Waals surface area contributed by atoms with Gasteiger partial charge in [0.2, 0.25) is 5.91 Å². The van der Waals surface area contributed by atoms with Gasteiger partial charge >= 0.3 is 0 Å². The van der Waals surface area contributed by atoms with Crippen molar-refractivity contribution in [1.82, 2.24) is 10.2 Å². The first-order chi connectivity index (χ1) is 9.50. The van der Waals surface area contributed by atoms with Crippen LogP contribution in [0, 0.1) is 13.8 Å². The summed E-state index contributed by atoms with van der Waals surface area (Å²) in [4.78, 5) is 14.0. The molecule has 5 heteroatoms. The number of rotatable bonds is 3. The third-order valence-corrected chi connectivity index (χ3v) is 3.84. The molecule has 1 atom stereocenters. The SMILES string of the molecule is Cc1cc(C(C(N)=O)N2CCCNCC2)cc(C)c1O. The van der Waals surface area contributed by atoms with E-state index in [1.165, 1.54) is 0 Å². The van der Waals surface area contributed by atoms with E-state index in [-0.39, 0.29) is 11.7 Å². The number of amides is 1. The first-order valence-electron chi connectivity index (χ1n) is 7.05. The van der Waals surface area contributed by atoms with Crippen LogP contribution in [0.1, 0.15) is 29.2 Å². The number of nitrogens with one attached hydrogen (secondary N) is 1. The van der Waals surface area contributed by atoms with Crippen LogP contribution in [0.4, 0.5) is 0 Å². The molecule has 0 aromatic heterocycles. The van der Waals surface area contributed by atoms with Crippen LogP contribution >= 0.6 is 0 Å². The number of nitrogens with two attached hydrogens (primary N) is 1. The molecule has 5 nitrogen and oxygen atoms in total. The quantitative estimate of drug-likeness (QED) is 0.764. The highest BCUT2D eigenvalue weighted by molar-refractivity contribution is 5.81. The fourth-order valence-electron chi connectivity index (χ4n) is 2.83. The maximum atomic E-state index is 11.9. The van der Waals surface area contributed by atoms with Crippen molar-refractivity contribution < 1.29 is 9.90 Å². The summed E-state index contributed by atoms with van der Waals surface area (Å²) in [5.41, 5.74) is 8.05. The minimum absolute atomic E-state index is 0.287. The maximum Gasteiger partial charge on any atom is 0.239 e. The van der Waals surface area contributed by atoms with E-state index in [4.69, 9.17) is 5.73 Å². The molecule has 1 aliphatic rings. The first kappa shape index (κ1) is 14.8. The van der Waals surface area contributed by atoms with Gasteiger partial charge in [-0.15, -0.1) is 0 Å². The number of benzene rings is 1. The number of phenols is 1. The molecule has 20 heavy (non-hydrogen) atoms. The molecule has 0 bridgehead atoms. The van der Waals surface area contributed by atoms with Gasteiger partial charge in [0, 0.05) is 19.6 Å². The summed E-state index contributed by atoms with van der Waals surface area (Å²) in [6.45, 7) is 7.16. The fraction of sp³-hybridized carbons (Fsp3) is 0.533. The van der Waals surface area contributed by atoms with Gasteiger partial charge in [-0.3, -0.25) is 9.69 Å². The van der Waals surface area contributed by atoms with Gasteiger partial charge in [0.05, 0.1) is 0 Å². The van der Waals surface area contributed by atoms with Crippen molar-refractivity contribution in [2.75, 3.05) is 26.2 Å². The summed E-state index contributed by atoms with van der Waals surface area (Å²) in [6.07, 6.45) is 1.000. The van der Waals surface area contributed by atoms with Crippen LogP contribution in [0.2, 0.25) is 0 Å². The van der Waals surface area contributed by atoms with Crippen molar-refractivity contribution in [3.05, 3.63) is 28.8 Å². The Hall–Kier alpha value is -1.59. The molecule has 1 amide bonds. The molecular weight excluding hydrogens is 254 g/mol. The van der Waals surface area contributed by atoms with E-state index in [1.807, 2.05) is 26.0 Å². The lowest BCUT2D eigenvalue weighted by Gasteiger charge is -2.28. The topological polar surface area (TPSA) is 78.6 Å². The van der Waals surface area contributed by atoms with Crippen molar-refractivity contribution in [3.63, 3.8) is 0 Å². The maximum absolute atomic E-state index is 11.9. The van der Waals surface area contributed by atoms with Crippen molar-refractivity contribution >= 4 is 5.91 Å². The van der Waals surface area contributed by atoms with Gasteiger partial charge in [-0.05, 0) is 43.5 Å². The molecule has 1 aromatic carbocycles. The van der Waals surface area contributed by atoms with Crippen molar-refractivity contribution in [2.45, 2.75) is 26.3 Å². The van der Waals surface area contributed by atoms with Gasteiger partial charge in [-0.1, -0.05) is 12.1 Å². The highest BCUT2D eigenvalue weighted by Gasteiger charge is 2.27. The Morgan fingerprint density at radius 2 is 1.95 bits per heavy atom. The van der Waals surface area contributed by atoms with Crippen LogP contribution in [0.25, 0.3) is 0 Å².